The minimum atomic E-state index is -0.329. The normalized spacial score (nSPS) is 10.4. The van der Waals surface area contributed by atoms with Gasteiger partial charge in [0.1, 0.15) is 4.83 Å². The van der Waals surface area contributed by atoms with Gasteiger partial charge in [-0.2, -0.15) is 0 Å². The second kappa shape index (κ2) is 7.60. The predicted octanol–water partition coefficient (Wildman–Crippen LogP) is 3.84. The number of hydrogen-bond donors (Lipinski definition) is 2. The van der Waals surface area contributed by atoms with Crippen LogP contribution in [0.5, 0.6) is 0 Å². The Kier molecular flexibility index (Phi) is 5.24. The van der Waals surface area contributed by atoms with Crippen LogP contribution >= 0.6 is 11.3 Å². The molecule has 2 amide bonds. The Morgan fingerprint density at radius 3 is 2.67 bits per heavy atom. The molecule has 0 saturated carbocycles. The van der Waals surface area contributed by atoms with E-state index in [9.17, 15) is 9.59 Å². The molecule has 2 N–H and O–H groups in total. The molecule has 0 spiro atoms. The molecule has 5 nitrogen and oxygen atoms in total. The molecule has 0 radical (unpaired) electrons. The number of carbonyl (C=O) groups excluding carboxylic acids is 2. The first-order chi connectivity index (χ1) is 12.9. The van der Waals surface area contributed by atoms with Crippen LogP contribution in [0.4, 0.5) is 5.69 Å². The van der Waals surface area contributed by atoms with E-state index in [1.54, 1.807) is 24.3 Å². The Balaban J connectivity index is 1.94. The number of hydrogen-bond acceptors (Lipinski definition) is 4. The van der Waals surface area contributed by atoms with E-state index >= 15 is 0 Å². The highest BCUT2D eigenvalue weighted by molar-refractivity contribution is 7.20. The molecule has 0 bridgehead atoms. The summed E-state index contributed by atoms with van der Waals surface area (Å²) in [7, 11) is 0. The van der Waals surface area contributed by atoms with Gasteiger partial charge < -0.3 is 10.6 Å². The number of thiophene rings is 1. The van der Waals surface area contributed by atoms with Crippen molar-refractivity contribution in [2.45, 2.75) is 20.8 Å². The van der Waals surface area contributed by atoms with Gasteiger partial charge in [0.25, 0.3) is 11.8 Å². The predicted molar refractivity (Wildman–Crippen MR) is 109 cm³/mol. The van der Waals surface area contributed by atoms with E-state index < -0.39 is 0 Å². The van der Waals surface area contributed by atoms with Crippen LogP contribution in [0, 0.1) is 33.1 Å². The van der Waals surface area contributed by atoms with Crippen LogP contribution < -0.4 is 10.6 Å². The molecule has 0 unspecified atom stereocenters. The Bertz CT molecular complexity index is 1090. The molecule has 2 heterocycles. The number of carbonyl (C=O) groups is 2. The van der Waals surface area contributed by atoms with Gasteiger partial charge in [-0.05, 0) is 50.1 Å². The second-order valence-electron chi connectivity index (χ2n) is 6.20. The average Bonchev–Trinajstić information content (AvgIpc) is 2.96. The highest BCUT2D eigenvalue weighted by atomic mass is 32.1. The molecule has 0 saturated heterocycles. The fourth-order valence-electron chi connectivity index (χ4n) is 3.03. The molecule has 3 rings (SSSR count). The molecule has 6 heteroatoms. The van der Waals surface area contributed by atoms with Gasteiger partial charge in [0.2, 0.25) is 0 Å². The van der Waals surface area contributed by atoms with Gasteiger partial charge in [-0.1, -0.05) is 18.1 Å². The van der Waals surface area contributed by atoms with E-state index in [4.69, 9.17) is 6.42 Å². The molecule has 0 atom stereocenters. The Labute approximate surface area is 161 Å². The van der Waals surface area contributed by atoms with Crippen molar-refractivity contribution in [2.24, 2.45) is 0 Å². The molecule has 1 aromatic carbocycles. The number of para-hydroxylation sites is 1. The maximum Gasteiger partial charge on any atom is 0.266 e. The van der Waals surface area contributed by atoms with E-state index in [0.29, 0.717) is 16.1 Å². The SMILES string of the molecule is C#CCNC(=O)c1ccccc1NC(=O)c1sc2nc(C)cc(C)c2c1C. The fourth-order valence-corrected chi connectivity index (χ4v) is 4.23. The summed E-state index contributed by atoms with van der Waals surface area (Å²) in [5, 5.41) is 6.48. The van der Waals surface area contributed by atoms with Crippen LogP contribution in [-0.4, -0.2) is 23.3 Å². The quantitative estimate of drug-likeness (QED) is 0.679. The molecule has 0 aliphatic carbocycles. The summed E-state index contributed by atoms with van der Waals surface area (Å²) in [5.41, 5.74) is 3.72. The largest absolute Gasteiger partial charge is 0.341 e. The number of benzene rings is 1. The Hall–Kier alpha value is -3.17. The van der Waals surface area contributed by atoms with E-state index in [2.05, 4.69) is 21.5 Å². The molecule has 2 aromatic heterocycles. The minimum absolute atomic E-state index is 0.126. The van der Waals surface area contributed by atoms with Gasteiger partial charge in [-0.3, -0.25) is 9.59 Å². The van der Waals surface area contributed by atoms with E-state index in [1.807, 2.05) is 26.8 Å². The zero-order valence-corrected chi connectivity index (χ0v) is 16.2. The van der Waals surface area contributed by atoms with Crippen molar-refractivity contribution in [1.29, 1.82) is 0 Å². The summed E-state index contributed by atoms with van der Waals surface area (Å²) in [5.74, 6) is 1.77. The summed E-state index contributed by atoms with van der Waals surface area (Å²) in [6.45, 7) is 6.00. The Morgan fingerprint density at radius 1 is 1.19 bits per heavy atom. The summed E-state index contributed by atoms with van der Waals surface area (Å²) >= 11 is 1.36. The van der Waals surface area contributed by atoms with E-state index in [-0.39, 0.29) is 18.4 Å². The number of fused-ring (bicyclic) bond motifs is 1. The third-order valence-corrected chi connectivity index (χ3v) is 5.39. The second-order valence-corrected chi connectivity index (χ2v) is 7.20. The lowest BCUT2D eigenvalue weighted by Gasteiger charge is -2.10. The molecular weight excluding hydrogens is 358 g/mol. The third kappa shape index (κ3) is 3.69. The maximum atomic E-state index is 12.9. The lowest BCUT2D eigenvalue weighted by atomic mass is 10.1. The van der Waals surface area contributed by atoms with Gasteiger partial charge in [0, 0.05) is 11.1 Å². The molecule has 0 aliphatic rings. The van der Waals surface area contributed by atoms with Crippen molar-refractivity contribution in [1.82, 2.24) is 10.3 Å². The maximum absolute atomic E-state index is 12.9. The fraction of sp³-hybridized carbons (Fsp3) is 0.190. The van der Waals surface area contributed by atoms with Gasteiger partial charge in [-0.25, -0.2) is 4.98 Å². The number of aromatic nitrogens is 1. The summed E-state index contributed by atoms with van der Waals surface area (Å²) in [6, 6.07) is 8.85. The Morgan fingerprint density at radius 2 is 1.93 bits per heavy atom. The minimum Gasteiger partial charge on any atom is -0.341 e. The summed E-state index contributed by atoms with van der Waals surface area (Å²) < 4.78 is 0. The summed E-state index contributed by atoms with van der Waals surface area (Å²) in [4.78, 5) is 31.1. The van der Waals surface area contributed by atoms with Gasteiger partial charge >= 0.3 is 0 Å². The average molecular weight is 377 g/mol. The van der Waals surface area contributed by atoms with Crippen LogP contribution in [0.15, 0.2) is 30.3 Å². The number of anilines is 1. The number of amides is 2. The number of aryl methyl sites for hydroxylation is 3. The van der Waals surface area contributed by atoms with Crippen LogP contribution in [0.1, 0.15) is 36.9 Å². The van der Waals surface area contributed by atoms with Gasteiger partial charge in [0.05, 0.1) is 22.7 Å². The highest BCUT2D eigenvalue weighted by Crippen LogP contribution is 2.33. The van der Waals surface area contributed by atoms with E-state index in [1.165, 1.54) is 11.3 Å². The van der Waals surface area contributed by atoms with Crippen molar-refractivity contribution in [2.75, 3.05) is 11.9 Å². The van der Waals surface area contributed by atoms with Gasteiger partial charge in [-0.15, -0.1) is 17.8 Å². The molecule has 3 aromatic rings. The third-order valence-electron chi connectivity index (χ3n) is 4.20. The number of nitrogens with zero attached hydrogens (tertiary/aromatic N) is 1. The van der Waals surface area contributed by atoms with Crippen LogP contribution in [-0.2, 0) is 0 Å². The van der Waals surface area contributed by atoms with Gasteiger partial charge in [0.15, 0.2) is 0 Å². The van der Waals surface area contributed by atoms with Crippen LogP contribution in [0.25, 0.3) is 10.2 Å². The topological polar surface area (TPSA) is 71.1 Å². The van der Waals surface area contributed by atoms with Crippen molar-refractivity contribution in [3.05, 3.63) is 57.6 Å². The van der Waals surface area contributed by atoms with E-state index in [0.717, 1.165) is 27.0 Å². The molecule has 136 valence electrons. The number of nitrogens with one attached hydrogen (secondary N) is 2. The number of rotatable bonds is 4. The zero-order chi connectivity index (χ0) is 19.6. The molecule has 0 fully saturated rings. The summed E-state index contributed by atoms with van der Waals surface area (Å²) in [6.07, 6.45) is 5.19. The van der Waals surface area contributed by atoms with Crippen LogP contribution in [0.2, 0.25) is 0 Å². The zero-order valence-electron chi connectivity index (χ0n) is 15.3. The lowest BCUT2D eigenvalue weighted by Crippen LogP contribution is -2.25. The van der Waals surface area contributed by atoms with Crippen molar-refractivity contribution >= 4 is 39.1 Å². The smallest absolute Gasteiger partial charge is 0.266 e. The number of pyridine rings is 1. The number of terminal acetylenes is 1. The molecular formula is C21H19N3O2S. The first-order valence-corrected chi connectivity index (χ1v) is 9.23. The first-order valence-electron chi connectivity index (χ1n) is 8.41. The monoisotopic (exact) mass is 377 g/mol. The first kappa shape index (κ1) is 18.6. The lowest BCUT2D eigenvalue weighted by molar-refractivity contribution is 0.0959. The van der Waals surface area contributed by atoms with Crippen LogP contribution in [0.3, 0.4) is 0 Å². The van der Waals surface area contributed by atoms with Crippen molar-refractivity contribution in [3.8, 4) is 12.3 Å². The van der Waals surface area contributed by atoms with Crippen molar-refractivity contribution in [3.63, 3.8) is 0 Å². The highest BCUT2D eigenvalue weighted by Gasteiger charge is 2.20. The molecule has 0 aliphatic heterocycles. The standard InChI is InChI=1S/C21H19N3O2S/c1-5-10-22-19(25)15-8-6-7-9-16(15)24-20(26)18-14(4)17-12(2)11-13(3)23-21(17)27-18/h1,6-9,11H,10H2,2-4H3,(H,22,25)(H,24,26). The van der Waals surface area contributed by atoms with Crippen molar-refractivity contribution < 1.29 is 9.59 Å². The molecule has 27 heavy (non-hydrogen) atoms.